The predicted molar refractivity (Wildman–Crippen MR) is 71.6 cm³/mol. The van der Waals surface area contributed by atoms with Crippen molar-refractivity contribution < 1.29 is 9.15 Å². The molecule has 1 saturated heterocycles. The van der Waals surface area contributed by atoms with Gasteiger partial charge < -0.3 is 14.5 Å². The van der Waals surface area contributed by atoms with Crippen LogP contribution in [0.4, 0.5) is 0 Å². The molecule has 2 rings (SSSR count). The molecule has 18 heavy (non-hydrogen) atoms. The number of morpholine rings is 1. The lowest BCUT2D eigenvalue weighted by Crippen LogP contribution is -2.37. The molecule has 2 heterocycles. The lowest BCUT2D eigenvalue weighted by Gasteiger charge is -2.26. The Labute approximate surface area is 109 Å². The minimum atomic E-state index is 0.352. The summed E-state index contributed by atoms with van der Waals surface area (Å²) in [5, 5.41) is 3.56. The zero-order chi connectivity index (χ0) is 12.6. The smallest absolute Gasteiger partial charge is 0.120 e. The van der Waals surface area contributed by atoms with Crippen molar-refractivity contribution in [3.05, 3.63) is 24.2 Å². The number of hydrogen-bond acceptors (Lipinski definition) is 4. The van der Waals surface area contributed by atoms with Crippen LogP contribution in [-0.2, 0) is 4.74 Å². The van der Waals surface area contributed by atoms with Gasteiger partial charge >= 0.3 is 0 Å². The number of ether oxygens (including phenoxy) is 1. The molecule has 0 aliphatic carbocycles. The maximum atomic E-state index is 5.44. The van der Waals surface area contributed by atoms with Gasteiger partial charge in [-0.15, -0.1) is 0 Å². The molecule has 0 radical (unpaired) electrons. The fraction of sp³-hybridized carbons (Fsp3) is 0.714. The van der Waals surface area contributed by atoms with Crippen molar-refractivity contribution in [2.24, 2.45) is 0 Å². The molecule has 0 amide bonds. The Morgan fingerprint density at radius 3 is 2.89 bits per heavy atom. The highest BCUT2D eigenvalue weighted by molar-refractivity contribution is 5.03. The van der Waals surface area contributed by atoms with E-state index in [1.54, 1.807) is 6.26 Å². The van der Waals surface area contributed by atoms with Gasteiger partial charge in [0.2, 0.25) is 0 Å². The third-order valence-electron chi connectivity index (χ3n) is 3.44. The Morgan fingerprint density at radius 2 is 2.22 bits per heavy atom. The van der Waals surface area contributed by atoms with E-state index in [4.69, 9.17) is 9.15 Å². The van der Waals surface area contributed by atoms with Crippen molar-refractivity contribution in [1.82, 2.24) is 10.2 Å². The topological polar surface area (TPSA) is 37.6 Å². The van der Waals surface area contributed by atoms with Crippen LogP contribution in [0.2, 0.25) is 0 Å². The first-order valence-corrected chi connectivity index (χ1v) is 6.97. The van der Waals surface area contributed by atoms with Crippen LogP contribution in [0.5, 0.6) is 0 Å². The number of furan rings is 1. The average molecular weight is 252 g/mol. The van der Waals surface area contributed by atoms with Crippen molar-refractivity contribution in [3.63, 3.8) is 0 Å². The standard InChI is InChI=1S/C14H24N2O2/c1-2-13(14-5-3-10-18-14)15-6-4-7-16-8-11-17-12-9-16/h3,5,10,13,15H,2,4,6-9,11-12H2,1H3. The molecular weight excluding hydrogens is 228 g/mol. The molecule has 4 nitrogen and oxygen atoms in total. The van der Waals surface area contributed by atoms with E-state index in [0.29, 0.717) is 6.04 Å². The monoisotopic (exact) mass is 252 g/mol. The lowest BCUT2D eigenvalue weighted by atomic mass is 10.1. The Hall–Kier alpha value is -0.840. The first-order chi connectivity index (χ1) is 8.90. The number of nitrogens with zero attached hydrogens (tertiary/aromatic N) is 1. The van der Waals surface area contributed by atoms with E-state index in [2.05, 4.69) is 17.1 Å². The zero-order valence-electron chi connectivity index (χ0n) is 11.2. The molecule has 1 fully saturated rings. The number of rotatable bonds is 7. The van der Waals surface area contributed by atoms with Crippen molar-refractivity contribution in [2.45, 2.75) is 25.8 Å². The van der Waals surface area contributed by atoms with E-state index < -0.39 is 0 Å². The molecule has 0 bridgehead atoms. The summed E-state index contributed by atoms with van der Waals surface area (Å²) in [5.74, 6) is 1.05. The van der Waals surface area contributed by atoms with Crippen LogP contribution < -0.4 is 5.32 Å². The van der Waals surface area contributed by atoms with E-state index in [0.717, 1.165) is 51.6 Å². The van der Waals surface area contributed by atoms with Gasteiger partial charge in [0.1, 0.15) is 5.76 Å². The molecule has 0 saturated carbocycles. The van der Waals surface area contributed by atoms with E-state index in [-0.39, 0.29) is 0 Å². The largest absolute Gasteiger partial charge is 0.468 e. The molecule has 1 aromatic heterocycles. The summed E-state index contributed by atoms with van der Waals surface area (Å²) in [4.78, 5) is 2.47. The second-order valence-electron chi connectivity index (χ2n) is 4.74. The molecule has 1 aliphatic heterocycles. The van der Waals surface area contributed by atoms with Crippen LogP contribution in [-0.4, -0.2) is 44.3 Å². The van der Waals surface area contributed by atoms with Gasteiger partial charge in [0, 0.05) is 13.1 Å². The summed E-state index contributed by atoms with van der Waals surface area (Å²) in [5.41, 5.74) is 0. The Balaban J connectivity index is 1.61. The molecule has 0 spiro atoms. The van der Waals surface area contributed by atoms with Gasteiger partial charge in [-0.1, -0.05) is 6.92 Å². The highest BCUT2D eigenvalue weighted by atomic mass is 16.5. The molecule has 4 heteroatoms. The van der Waals surface area contributed by atoms with Gasteiger partial charge in [-0.05, 0) is 38.1 Å². The van der Waals surface area contributed by atoms with Crippen LogP contribution >= 0.6 is 0 Å². The first-order valence-electron chi connectivity index (χ1n) is 6.97. The Kier molecular flexibility index (Phi) is 5.71. The molecule has 1 atom stereocenters. The van der Waals surface area contributed by atoms with E-state index >= 15 is 0 Å². The quantitative estimate of drug-likeness (QED) is 0.754. The Morgan fingerprint density at radius 1 is 1.39 bits per heavy atom. The van der Waals surface area contributed by atoms with Gasteiger partial charge in [0.25, 0.3) is 0 Å². The minimum absolute atomic E-state index is 0.352. The van der Waals surface area contributed by atoms with E-state index in [1.807, 2.05) is 12.1 Å². The van der Waals surface area contributed by atoms with Crippen LogP contribution in [0, 0.1) is 0 Å². The summed E-state index contributed by atoms with van der Waals surface area (Å²) in [6.45, 7) is 8.31. The van der Waals surface area contributed by atoms with Gasteiger partial charge in [-0.25, -0.2) is 0 Å². The summed E-state index contributed by atoms with van der Waals surface area (Å²) < 4.78 is 10.8. The fourth-order valence-electron chi connectivity index (χ4n) is 2.34. The second-order valence-corrected chi connectivity index (χ2v) is 4.74. The maximum absolute atomic E-state index is 5.44. The van der Waals surface area contributed by atoms with Crippen LogP contribution in [0.15, 0.2) is 22.8 Å². The van der Waals surface area contributed by atoms with Gasteiger partial charge in [0.15, 0.2) is 0 Å². The predicted octanol–water partition coefficient (Wildman–Crippen LogP) is 2.04. The molecule has 1 aliphatic rings. The summed E-state index contributed by atoms with van der Waals surface area (Å²) in [7, 11) is 0. The van der Waals surface area contributed by atoms with Gasteiger partial charge in [-0.2, -0.15) is 0 Å². The van der Waals surface area contributed by atoms with E-state index in [1.165, 1.54) is 6.42 Å². The normalized spacial score (nSPS) is 18.9. The molecule has 1 aromatic rings. The van der Waals surface area contributed by atoms with Crippen molar-refractivity contribution in [2.75, 3.05) is 39.4 Å². The van der Waals surface area contributed by atoms with E-state index in [9.17, 15) is 0 Å². The van der Waals surface area contributed by atoms with Crippen LogP contribution in [0.3, 0.4) is 0 Å². The van der Waals surface area contributed by atoms with Crippen molar-refractivity contribution >= 4 is 0 Å². The summed E-state index contributed by atoms with van der Waals surface area (Å²) in [6.07, 6.45) is 3.98. The molecule has 1 N–H and O–H groups in total. The minimum Gasteiger partial charge on any atom is -0.468 e. The fourth-order valence-corrected chi connectivity index (χ4v) is 2.34. The van der Waals surface area contributed by atoms with Crippen molar-refractivity contribution in [3.8, 4) is 0 Å². The summed E-state index contributed by atoms with van der Waals surface area (Å²) in [6, 6.07) is 4.35. The van der Waals surface area contributed by atoms with Gasteiger partial charge in [0.05, 0.1) is 25.5 Å². The molecule has 102 valence electrons. The first kappa shape index (κ1) is 13.6. The number of hydrogen-bond donors (Lipinski definition) is 1. The molecule has 0 aromatic carbocycles. The van der Waals surface area contributed by atoms with Gasteiger partial charge in [-0.3, -0.25) is 4.90 Å². The second kappa shape index (κ2) is 7.56. The van der Waals surface area contributed by atoms with Crippen LogP contribution in [0.1, 0.15) is 31.6 Å². The summed E-state index contributed by atoms with van der Waals surface area (Å²) >= 11 is 0. The average Bonchev–Trinajstić information content (AvgIpc) is 2.94. The number of nitrogens with one attached hydrogen (secondary N) is 1. The molecule has 1 unspecified atom stereocenters. The zero-order valence-corrected chi connectivity index (χ0v) is 11.2. The Bertz CT molecular complexity index is 308. The third kappa shape index (κ3) is 4.12. The van der Waals surface area contributed by atoms with Crippen molar-refractivity contribution in [1.29, 1.82) is 0 Å². The molecular formula is C14H24N2O2. The third-order valence-corrected chi connectivity index (χ3v) is 3.44. The maximum Gasteiger partial charge on any atom is 0.120 e. The van der Waals surface area contributed by atoms with Crippen LogP contribution in [0.25, 0.3) is 0 Å². The SMILES string of the molecule is CCC(NCCCN1CCOCC1)c1ccco1. The lowest BCUT2D eigenvalue weighted by molar-refractivity contribution is 0.0373. The highest BCUT2D eigenvalue weighted by Crippen LogP contribution is 2.16. The highest BCUT2D eigenvalue weighted by Gasteiger charge is 2.12.